The number of fused-ring (bicyclic) bond motifs is 1. The van der Waals surface area contributed by atoms with Crippen LogP contribution in [0.4, 0.5) is 24.5 Å². The van der Waals surface area contributed by atoms with Crippen LogP contribution in [0.25, 0.3) is 6.08 Å². The number of hydrogen-bond acceptors (Lipinski definition) is 6. The molecule has 0 saturated heterocycles. The van der Waals surface area contributed by atoms with Crippen LogP contribution in [0, 0.1) is 10.1 Å². The van der Waals surface area contributed by atoms with Crippen LogP contribution in [0.5, 0.6) is 5.75 Å². The van der Waals surface area contributed by atoms with Gasteiger partial charge in [0.15, 0.2) is 6.79 Å². The van der Waals surface area contributed by atoms with Gasteiger partial charge in [-0.3, -0.25) is 19.7 Å². The topological polar surface area (TPSA) is 120 Å². The number of hydrogen-bond donors (Lipinski definition) is 2. The van der Waals surface area contributed by atoms with Crippen LogP contribution in [0.2, 0.25) is 0 Å². The average molecular weight is 451 g/mol. The average Bonchev–Trinajstić information content (AvgIpc) is 2.75. The monoisotopic (exact) mass is 451 g/mol. The molecule has 0 bridgehead atoms. The van der Waals surface area contributed by atoms with E-state index in [-0.39, 0.29) is 30.3 Å². The summed E-state index contributed by atoms with van der Waals surface area (Å²) in [5.74, 6) is -1.23. The fourth-order valence-electron chi connectivity index (χ4n) is 2.83. The number of amides is 2. The third-order valence-corrected chi connectivity index (χ3v) is 4.19. The molecule has 1 heterocycles. The second kappa shape index (κ2) is 9.47. The minimum Gasteiger partial charge on any atom is -0.467 e. The molecule has 168 valence electrons. The van der Waals surface area contributed by atoms with Crippen molar-refractivity contribution in [2.75, 3.05) is 18.7 Å². The molecule has 3 rings (SSSR count). The third-order valence-electron chi connectivity index (χ3n) is 4.19. The van der Waals surface area contributed by atoms with Crippen LogP contribution in [0.3, 0.4) is 0 Å². The number of anilines is 1. The number of halogens is 3. The van der Waals surface area contributed by atoms with Crippen molar-refractivity contribution >= 4 is 29.3 Å². The second-order valence-corrected chi connectivity index (χ2v) is 6.59. The number of nitro benzene ring substituents is 1. The van der Waals surface area contributed by atoms with E-state index in [1.54, 1.807) is 5.32 Å². The summed E-state index contributed by atoms with van der Waals surface area (Å²) in [4.78, 5) is 34.7. The zero-order chi connectivity index (χ0) is 23.3. The highest BCUT2D eigenvalue weighted by Gasteiger charge is 2.28. The molecule has 2 amide bonds. The summed E-state index contributed by atoms with van der Waals surface area (Å²) in [6, 6.07) is 7.93. The van der Waals surface area contributed by atoms with Crippen molar-refractivity contribution < 1.29 is 37.2 Å². The lowest BCUT2D eigenvalue weighted by Crippen LogP contribution is -2.33. The van der Waals surface area contributed by atoms with Gasteiger partial charge in [-0.25, -0.2) is 0 Å². The molecule has 0 radical (unpaired) electrons. The standard InChI is InChI=1S/C20H16F3N3O6/c21-20(22,23)10-24-19(28)13-2-1-3-15(6-13)25-17(27)5-4-12-7-16(26(29)30)8-14-9-31-11-32-18(12)14/h1-8H,9-11H2,(H,24,28)(H,25,27)/b5-4+. The van der Waals surface area contributed by atoms with Crippen LogP contribution in [-0.2, 0) is 16.1 Å². The van der Waals surface area contributed by atoms with Gasteiger partial charge < -0.3 is 20.1 Å². The third kappa shape index (κ3) is 6.04. The predicted molar refractivity (Wildman–Crippen MR) is 106 cm³/mol. The highest BCUT2D eigenvalue weighted by Crippen LogP contribution is 2.33. The van der Waals surface area contributed by atoms with E-state index in [1.807, 2.05) is 0 Å². The number of non-ortho nitro benzene ring substituents is 1. The molecule has 0 aliphatic carbocycles. The number of carbonyl (C=O) groups excluding carboxylic acids is 2. The zero-order valence-corrected chi connectivity index (χ0v) is 16.3. The normalized spacial score (nSPS) is 13.2. The highest BCUT2D eigenvalue weighted by molar-refractivity contribution is 6.03. The van der Waals surface area contributed by atoms with E-state index >= 15 is 0 Å². The molecular weight excluding hydrogens is 435 g/mol. The number of rotatable bonds is 6. The SMILES string of the molecule is O=C(/C=C/c1cc([N+](=O)[O-])cc2c1OCOC2)Nc1cccc(C(=O)NCC(F)(F)F)c1. The van der Waals surface area contributed by atoms with Gasteiger partial charge in [-0.15, -0.1) is 0 Å². The molecule has 2 aromatic carbocycles. The van der Waals surface area contributed by atoms with Crippen LogP contribution in [0.1, 0.15) is 21.5 Å². The van der Waals surface area contributed by atoms with Crippen LogP contribution in [0.15, 0.2) is 42.5 Å². The molecule has 0 fully saturated rings. The van der Waals surface area contributed by atoms with Gasteiger partial charge in [-0.2, -0.15) is 13.2 Å². The highest BCUT2D eigenvalue weighted by atomic mass is 19.4. The lowest BCUT2D eigenvalue weighted by molar-refractivity contribution is -0.385. The van der Waals surface area contributed by atoms with E-state index in [4.69, 9.17) is 9.47 Å². The van der Waals surface area contributed by atoms with Crippen molar-refractivity contribution in [3.63, 3.8) is 0 Å². The molecule has 1 aliphatic rings. The Hall–Kier alpha value is -3.93. The van der Waals surface area contributed by atoms with Crippen molar-refractivity contribution in [2.24, 2.45) is 0 Å². The Morgan fingerprint density at radius 2 is 2.00 bits per heavy atom. The summed E-state index contributed by atoms with van der Waals surface area (Å²) in [7, 11) is 0. The van der Waals surface area contributed by atoms with Crippen molar-refractivity contribution in [1.82, 2.24) is 5.32 Å². The number of nitrogens with zero attached hydrogens (tertiary/aromatic N) is 1. The van der Waals surface area contributed by atoms with Crippen LogP contribution < -0.4 is 15.4 Å². The number of carbonyl (C=O) groups is 2. The maximum absolute atomic E-state index is 12.3. The summed E-state index contributed by atoms with van der Waals surface area (Å²) in [5, 5.41) is 15.3. The first-order valence-corrected chi connectivity index (χ1v) is 9.08. The maximum Gasteiger partial charge on any atom is 0.405 e. The van der Waals surface area contributed by atoms with Crippen LogP contribution >= 0.6 is 0 Å². The van der Waals surface area contributed by atoms with Gasteiger partial charge >= 0.3 is 6.18 Å². The molecule has 0 atom stereocenters. The Morgan fingerprint density at radius 1 is 1.22 bits per heavy atom. The van der Waals surface area contributed by atoms with Gasteiger partial charge in [0.25, 0.3) is 11.6 Å². The Balaban J connectivity index is 1.72. The van der Waals surface area contributed by atoms with E-state index < -0.39 is 29.5 Å². The van der Waals surface area contributed by atoms with Gasteiger partial charge in [0.1, 0.15) is 12.3 Å². The molecule has 1 aliphatic heterocycles. The van der Waals surface area contributed by atoms with Gasteiger partial charge in [-0.05, 0) is 24.3 Å². The molecule has 0 aromatic heterocycles. The molecule has 12 heteroatoms. The zero-order valence-electron chi connectivity index (χ0n) is 16.3. The number of alkyl halides is 3. The fraction of sp³-hybridized carbons (Fsp3) is 0.200. The predicted octanol–water partition coefficient (Wildman–Crippen LogP) is 3.41. The number of benzene rings is 2. The molecule has 2 aromatic rings. The van der Waals surface area contributed by atoms with Crippen molar-refractivity contribution in [2.45, 2.75) is 12.8 Å². The largest absolute Gasteiger partial charge is 0.467 e. The van der Waals surface area contributed by atoms with E-state index in [9.17, 15) is 32.9 Å². The minimum atomic E-state index is -4.55. The van der Waals surface area contributed by atoms with E-state index in [0.29, 0.717) is 16.9 Å². The first-order chi connectivity index (χ1) is 15.1. The van der Waals surface area contributed by atoms with Gasteiger partial charge in [0.2, 0.25) is 5.91 Å². The Labute approximate surface area is 179 Å². The quantitative estimate of drug-likeness (QED) is 0.395. The van der Waals surface area contributed by atoms with E-state index in [0.717, 1.165) is 6.08 Å². The Kier molecular flexibility index (Phi) is 6.73. The summed E-state index contributed by atoms with van der Waals surface area (Å²) in [6.07, 6.45) is -2.12. The second-order valence-electron chi connectivity index (χ2n) is 6.59. The number of ether oxygens (including phenoxy) is 2. The number of nitro groups is 1. The molecule has 0 saturated carbocycles. The lowest BCUT2D eigenvalue weighted by atomic mass is 10.1. The van der Waals surface area contributed by atoms with E-state index in [2.05, 4.69) is 5.32 Å². The van der Waals surface area contributed by atoms with Crippen molar-refractivity contribution in [3.8, 4) is 5.75 Å². The maximum atomic E-state index is 12.3. The van der Waals surface area contributed by atoms with Crippen molar-refractivity contribution in [1.29, 1.82) is 0 Å². The smallest absolute Gasteiger partial charge is 0.405 e. The minimum absolute atomic E-state index is 0.0406. The Morgan fingerprint density at radius 3 is 2.72 bits per heavy atom. The molecule has 32 heavy (non-hydrogen) atoms. The molecular formula is C20H16F3N3O6. The first kappa shape index (κ1) is 22.7. The van der Waals surface area contributed by atoms with Gasteiger partial charge in [0.05, 0.1) is 11.5 Å². The van der Waals surface area contributed by atoms with E-state index in [1.165, 1.54) is 42.5 Å². The molecule has 2 N–H and O–H groups in total. The van der Waals surface area contributed by atoms with Crippen LogP contribution in [-0.4, -0.2) is 36.3 Å². The van der Waals surface area contributed by atoms with Gasteiger partial charge in [-0.1, -0.05) is 6.07 Å². The fourth-order valence-corrected chi connectivity index (χ4v) is 2.83. The summed E-state index contributed by atoms with van der Waals surface area (Å²) in [5.41, 5.74) is 0.661. The summed E-state index contributed by atoms with van der Waals surface area (Å²) in [6.45, 7) is -1.40. The summed E-state index contributed by atoms with van der Waals surface area (Å²) < 4.78 is 47.2. The van der Waals surface area contributed by atoms with Crippen molar-refractivity contribution in [3.05, 3.63) is 69.3 Å². The Bertz CT molecular complexity index is 1080. The molecule has 0 spiro atoms. The molecule has 9 nitrogen and oxygen atoms in total. The summed E-state index contributed by atoms with van der Waals surface area (Å²) >= 11 is 0. The lowest BCUT2D eigenvalue weighted by Gasteiger charge is -2.19. The van der Waals surface area contributed by atoms with Gasteiger partial charge in [0, 0.05) is 40.6 Å². The first-order valence-electron chi connectivity index (χ1n) is 9.08. The molecule has 0 unspecified atom stereocenters. The number of nitrogens with one attached hydrogen (secondary N) is 2.